The number of fused-ring (bicyclic) bond motifs is 2. The van der Waals surface area contributed by atoms with Gasteiger partial charge in [0, 0.05) is 46.9 Å². The summed E-state index contributed by atoms with van der Waals surface area (Å²) in [6.45, 7) is 3.76. The topological polar surface area (TPSA) is 48.6 Å². The molecule has 0 radical (unpaired) electrons. The molecule has 5 nitrogen and oxygen atoms in total. The van der Waals surface area contributed by atoms with Crippen LogP contribution in [0.2, 0.25) is 0 Å². The van der Waals surface area contributed by atoms with Gasteiger partial charge in [0.25, 0.3) is 5.91 Å². The number of rotatable bonds is 3. The maximum atomic E-state index is 13.3. The molecule has 1 saturated heterocycles. The maximum absolute atomic E-state index is 13.3. The van der Waals surface area contributed by atoms with Crippen LogP contribution in [0.4, 0.5) is 5.69 Å². The molecule has 1 aromatic heterocycles. The van der Waals surface area contributed by atoms with Crippen LogP contribution in [-0.4, -0.2) is 48.8 Å². The highest BCUT2D eigenvalue weighted by atomic mass is 16.5. The van der Waals surface area contributed by atoms with Crippen LogP contribution in [0, 0.1) is 0 Å². The molecule has 3 heterocycles. The zero-order valence-electron chi connectivity index (χ0n) is 15.0. The number of carbonyl (C=O) groups excluding carboxylic acids is 1. The normalized spacial score (nSPS) is 19.2. The number of ether oxygens (including phenoxy) is 1. The van der Waals surface area contributed by atoms with Gasteiger partial charge in [0.15, 0.2) is 0 Å². The molecule has 0 aliphatic carbocycles. The van der Waals surface area contributed by atoms with Gasteiger partial charge >= 0.3 is 0 Å². The quantitative estimate of drug-likeness (QED) is 0.730. The summed E-state index contributed by atoms with van der Waals surface area (Å²) in [7, 11) is 0. The van der Waals surface area contributed by atoms with Crippen molar-refractivity contribution in [2.24, 2.45) is 0 Å². The largest absolute Gasteiger partial charge is 0.379 e. The van der Waals surface area contributed by atoms with Crippen molar-refractivity contribution < 1.29 is 9.53 Å². The molecule has 3 aromatic rings. The number of nitrogens with zero attached hydrogens (tertiary/aromatic N) is 2. The van der Waals surface area contributed by atoms with E-state index in [1.807, 2.05) is 59.6 Å². The number of hydrogen-bond acceptors (Lipinski definition) is 3. The van der Waals surface area contributed by atoms with Gasteiger partial charge in [-0.1, -0.05) is 36.4 Å². The number of nitrogens with one attached hydrogen (secondary N) is 1. The van der Waals surface area contributed by atoms with Crippen LogP contribution in [-0.2, 0) is 9.53 Å². The molecule has 2 aromatic carbocycles. The summed E-state index contributed by atoms with van der Waals surface area (Å²) in [5.41, 5.74) is 4.86. The van der Waals surface area contributed by atoms with E-state index in [1.54, 1.807) is 0 Å². The summed E-state index contributed by atoms with van der Waals surface area (Å²) >= 11 is 0. The van der Waals surface area contributed by atoms with E-state index in [0.717, 1.165) is 59.6 Å². The van der Waals surface area contributed by atoms with Gasteiger partial charge in [-0.15, -0.1) is 0 Å². The van der Waals surface area contributed by atoms with Crippen LogP contribution in [0.15, 0.2) is 54.7 Å². The summed E-state index contributed by atoms with van der Waals surface area (Å²) in [6.07, 6.45) is 3.98. The SMILES string of the molecule is O=C1/C(=C\c2c[nH]c3ccccc23)c2ccccc2N1CN1CCOCC1. The Morgan fingerprint density at radius 3 is 2.70 bits per heavy atom. The van der Waals surface area contributed by atoms with Gasteiger partial charge in [-0.3, -0.25) is 14.6 Å². The van der Waals surface area contributed by atoms with Crippen molar-refractivity contribution in [2.45, 2.75) is 0 Å². The number of para-hydroxylation sites is 2. The fourth-order valence-electron chi connectivity index (χ4n) is 3.90. The van der Waals surface area contributed by atoms with E-state index in [2.05, 4.69) is 16.0 Å². The highest BCUT2D eigenvalue weighted by Gasteiger charge is 2.33. The molecule has 0 atom stereocenters. The first-order valence-electron chi connectivity index (χ1n) is 9.30. The van der Waals surface area contributed by atoms with Crippen LogP contribution in [0.1, 0.15) is 11.1 Å². The molecule has 1 N–H and O–H groups in total. The van der Waals surface area contributed by atoms with Crippen LogP contribution in [0.3, 0.4) is 0 Å². The number of morpholine rings is 1. The minimum atomic E-state index is 0.0629. The number of aromatic nitrogens is 1. The Morgan fingerprint density at radius 1 is 1.04 bits per heavy atom. The summed E-state index contributed by atoms with van der Waals surface area (Å²) in [5.74, 6) is 0.0629. The van der Waals surface area contributed by atoms with Gasteiger partial charge in [-0.2, -0.15) is 0 Å². The number of amides is 1. The molecular weight excluding hydrogens is 338 g/mol. The van der Waals surface area contributed by atoms with Crippen molar-refractivity contribution in [2.75, 3.05) is 37.9 Å². The smallest absolute Gasteiger partial charge is 0.260 e. The van der Waals surface area contributed by atoms with E-state index in [4.69, 9.17) is 4.74 Å². The Kier molecular flexibility index (Phi) is 4.03. The number of benzene rings is 2. The number of aromatic amines is 1. The molecule has 136 valence electrons. The van der Waals surface area contributed by atoms with E-state index in [9.17, 15) is 4.79 Å². The lowest BCUT2D eigenvalue weighted by molar-refractivity contribution is -0.113. The number of hydrogen-bond donors (Lipinski definition) is 1. The van der Waals surface area contributed by atoms with E-state index in [1.165, 1.54) is 0 Å². The molecule has 2 aliphatic rings. The lowest BCUT2D eigenvalue weighted by atomic mass is 10.0. The lowest BCUT2D eigenvalue weighted by Crippen LogP contribution is -2.45. The van der Waals surface area contributed by atoms with Gasteiger partial charge in [0.2, 0.25) is 0 Å². The third kappa shape index (κ3) is 2.85. The van der Waals surface area contributed by atoms with E-state index in [0.29, 0.717) is 6.67 Å². The van der Waals surface area contributed by atoms with Crippen molar-refractivity contribution in [1.29, 1.82) is 0 Å². The summed E-state index contributed by atoms with van der Waals surface area (Å²) in [4.78, 5) is 20.7. The first kappa shape index (κ1) is 16.3. The summed E-state index contributed by atoms with van der Waals surface area (Å²) in [6, 6.07) is 16.2. The van der Waals surface area contributed by atoms with Crippen LogP contribution >= 0.6 is 0 Å². The van der Waals surface area contributed by atoms with E-state index < -0.39 is 0 Å². The first-order chi connectivity index (χ1) is 13.3. The fourth-order valence-corrected chi connectivity index (χ4v) is 3.90. The van der Waals surface area contributed by atoms with Gasteiger partial charge in [0.05, 0.1) is 25.6 Å². The molecule has 5 rings (SSSR count). The third-order valence-corrected chi connectivity index (χ3v) is 5.33. The Bertz CT molecular complexity index is 1030. The molecule has 0 unspecified atom stereocenters. The van der Waals surface area contributed by atoms with Crippen molar-refractivity contribution in [3.63, 3.8) is 0 Å². The highest BCUT2D eigenvalue weighted by molar-refractivity contribution is 6.36. The highest BCUT2D eigenvalue weighted by Crippen LogP contribution is 2.38. The number of anilines is 1. The van der Waals surface area contributed by atoms with E-state index in [-0.39, 0.29) is 5.91 Å². The third-order valence-electron chi connectivity index (χ3n) is 5.33. The van der Waals surface area contributed by atoms with Gasteiger partial charge < -0.3 is 9.72 Å². The standard InChI is InChI=1S/C22H21N3O2/c26-22-19(13-16-14-23-20-7-3-1-5-17(16)20)18-6-2-4-8-21(18)25(22)15-24-9-11-27-12-10-24/h1-8,13-14,23H,9-12,15H2/b19-13-. The molecule has 0 saturated carbocycles. The minimum Gasteiger partial charge on any atom is -0.379 e. The van der Waals surface area contributed by atoms with Crippen LogP contribution in [0.5, 0.6) is 0 Å². The monoisotopic (exact) mass is 359 g/mol. The second kappa shape index (κ2) is 6.68. The fraction of sp³-hybridized carbons (Fsp3) is 0.227. The predicted molar refractivity (Wildman–Crippen MR) is 107 cm³/mol. The van der Waals surface area contributed by atoms with Crippen molar-refractivity contribution in [3.05, 3.63) is 65.9 Å². The van der Waals surface area contributed by atoms with Gasteiger partial charge in [0.1, 0.15) is 0 Å². The van der Waals surface area contributed by atoms with E-state index >= 15 is 0 Å². The zero-order valence-corrected chi connectivity index (χ0v) is 15.0. The molecule has 0 bridgehead atoms. The zero-order chi connectivity index (χ0) is 18.2. The maximum Gasteiger partial charge on any atom is 0.260 e. The molecule has 27 heavy (non-hydrogen) atoms. The Hall–Kier alpha value is -2.89. The Labute approximate surface area is 157 Å². The van der Waals surface area contributed by atoms with Gasteiger partial charge in [-0.25, -0.2) is 0 Å². The molecule has 0 spiro atoms. The molecule has 1 fully saturated rings. The van der Waals surface area contributed by atoms with Crippen LogP contribution < -0.4 is 4.90 Å². The molecular formula is C22H21N3O2. The Balaban J connectivity index is 1.54. The molecule has 1 amide bonds. The average Bonchev–Trinajstić information content (AvgIpc) is 3.24. The average molecular weight is 359 g/mol. The number of carbonyl (C=O) groups is 1. The van der Waals surface area contributed by atoms with Gasteiger partial charge in [-0.05, 0) is 18.2 Å². The Morgan fingerprint density at radius 2 is 1.81 bits per heavy atom. The summed E-state index contributed by atoms with van der Waals surface area (Å²) in [5, 5.41) is 1.13. The molecule has 5 heteroatoms. The molecule has 2 aliphatic heterocycles. The van der Waals surface area contributed by atoms with Crippen molar-refractivity contribution in [3.8, 4) is 0 Å². The minimum absolute atomic E-state index is 0.0629. The van der Waals surface area contributed by atoms with Crippen LogP contribution in [0.25, 0.3) is 22.6 Å². The predicted octanol–water partition coefficient (Wildman–Crippen LogP) is 3.34. The first-order valence-corrected chi connectivity index (χ1v) is 9.30. The van der Waals surface area contributed by atoms with Crippen molar-refractivity contribution in [1.82, 2.24) is 9.88 Å². The number of H-pyrrole nitrogens is 1. The van der Waals surface area contributed by atoms with Crippen molar-refractivity contribution >= 4 is 34.1 Å². The second-order valence-corrected chi connectivity index (χ2v) is 6.97. The lowest BCUT2D eigenvalue weighted by Gasteiger charge is -2.30. The summed E-state index contributed by atoms with van der Waals surface area (Å²) < 4.78 is 5.43. The second-order valence-electron chi connectivity index (χ2n) is 6.97.